The van der Waals surface area contributed by atoms with Crippen LogP contribution < -0.4 is 0 Å². The summed E-state index contributed by atoms with van der Waals surface area (Å²) in [5.74, 6) is -8.59. The maximum Gasteiger partial charge on any atom is 0.339 e. The first-order valence-electron chi connectivity index (χ1n) is 8.27. The fraction of sp³-hybridized carbons (Fsp3) is 0.882. The standard InChI is InChI=1S/C17H24F4O2/c1-12-3-5-13(6-4-12)14-7-9-15(10-8-14,23-11-22-2)17(20,21)16(14,18)19/h3,13H,4-11H2,1-2H3. The second kappa shape index (κ2) is 5.45. The molecule has 0 radical (unpaired) electrons. The number of ether oxygens (including phenoxy) is 2. The molecule has 23 heavy (non-hydrogen) atoms. The molecule has 0 aliphatic heterocycles. The zero-order valence-corrected chi connectivity index (χ0v) is 13.6. The van der Waals surface area contributed by atoms with Crippen LogP contribution in [0, 0.1) is 11.3 Å². The van der Waals surface area contributed by atoms with Crippen LogP contribution in [0.25, 0.3) is 0 Å². The summed E-state index contributed by atoms with van der Waals surface area (Å²) in [5, 5.41) is 0. The molecule has 0 aromatic rings. The monoisotopic (exact) mass is 336 g/mol. The summed E-state index contributed by atoms with van der Waals surface area (Å²) >= 11 is 0. The van der Waals surface area contributed by atoms with Gasteiger partial charge in [-0.3, -0.25) is 0 Å². The topological polar surface area (TPSA) is 18.5 Å². The van der Waals surface area contributed by atoms with E-state index in [0.29, 0.717) is 12.8 Å². The smallest absolute Gasteiger partial charge is 0.339 e. The minimum Gasteiger partial charge on any atom is -0.359 e. The maximum atomic E-state index is 15.0. The maximum absolute atomic E-state index is 15.0. The first-order chi connectivity index (χ1) is 10.7. The van der Waals surface area contributed by atoms with Gasteiger partial charge in [-0.05, 0) is 57.8 Å². The molecular formula is C17H24F4O2. The fourth-order valence-corrected chi connectivity index (χ4v) is 4.87. The number of allylic oxidation sites excluding steroid dienone is 2. The van der Waals surface area contributed by atoms with Crippen molar-refractivity contribution in [3.63, 3.8) is 0 Å². The molecule has 4 aliphatic carbocycles. The molecule has 1 unspecified atom stereocenters. The second-order valence-corrected chi connectivity index (χ2v) is 7.37. The van der Waals surface area contributed by atoms with E-state index in [1.54, 1.807) is 0 Å². The number of halogens is 4. The Morgan fingerprint density at radius 2 is 1.74 bits per heavy atom. The number of hydrogen-bond acceptors (Lipinski definition) is 2. The summed E-state index contributed by atoms with van der Waals surface area (Å²) in [5.41, 5.74) is -2.53. The molecule has 3 fully saturated rings. The summed E-state index contributed by atoms with van der Waals surface area (Å²) < 4.78 is 69.4. The largest absolute Gasteiger partial charge is 0.359 e. The van der Waals surface area contributed by atoms with Crippen LogP contribution in [0.2, 0.25) is 0 Å². The average molecular weight is 336 g/mol. The molecule has 0 amide bonds. The molecule has 0 aromatic heterocycles. The van der Waals surface area contributed by atoms with Gasteiger partial charge in [0.15, 0.2) is 0 Å². The molecule has 0 saturated heterocycles. The molecular weight excluding hydrogens is 312 g/mol. The second-order valence-electron chi connectivity index (χ2n) is 7.37. The summed E-state index contributed by atoms with van der Waals surface area (Å²) in [6.07, 6.45) is 3.84. The van der Waals surface area contributed by atoms with E-state index in [9.17, 15) is 17.6 Å². The highest BCUT2D eigenvalue weighted by Crippen LogP contribution is 2.71. The van der Waals surface area contributed by atoms with Gasteiger partial charge in [0.05, 0.1) is 0 Å². The molecule has 0 aromatic carbocycles. The number of fused-ring (bicyclic) bond motifs is 3. The number of alkyl halides is 4. The van der Waals surface area contributed by atoms with Crippen LogP contribution in [-0.4, -0.2) is 31.3 Å². The Morgan fingerprint density at radius 3 is 2.26 bits per heavy atom. The van der Waals surface area contributed by atoms with Crippen molar-refractivity contribution in [2.75, 3.05) is 13.9 Å². The molecule has 2 nitrogen and oxygen atoms in total. The lowest BCUT2D eigenvalue weighted by atomic mass is 9.48. The van der Waals surface area contributed by atoms with E-state index in [4.69, 9.17) is 9.47 Å². The molecule has 0 N–H and O–H groups in total. The van der Waals surface area contributed by atoms with Crippen molar-refractivity contribution in [1.82, 2.24) is 0 Å². The van der Waals surface area contributed by atoms with Gasteiger partial charge in [-0.25, -0.2) is 0 Å². The average Bonchev–Trinajstić information content (AvgIpc) is 2.52. The van der Waals surface area contributed by atoms with Gasteiger partial charge in [-0.1, -0.05) is 11.6 Å². The van der Waals surface area contributed by atoms with Crippen molar-refractivity contribution in [3.05, 3.63) is 11.6 Å². The van der Waals surface area contributed by atoms with Crippen molar-refractivity contribution >= 4 is 0 Å². The molecule has 2 bridgehead atoms. The van der Waals surface area contributed by atoms with E-state index in [-0.39, 0.29) is 38.4 Å². The zero-order chi connectivity index (χ0) is 16.9. The number of rotatable bonds is 4. The third-order valence-electron chi connectivity index (χ3n) is 6.41. The number of methoxy groups -OCH3 is 1. The van der Waals surface area contributed by atoms with Crippen molar-refractivity contribution in [2.45, 2.75) is 69.3 Å². The van der Waals surface area contributed by atoms with Gasteiger partial charge >= 0.3 is 11.8 Å². The Kier molecular flexibility index (Phi) is 4.08. The summed E-state index contributed by atoms with van der Waals surface area (Å²) in [7, 11) is 1.31. The molecule has 6 heteroatoms. The minimum atomic E-state index is -4.16. The highest BCUT2D eigenvalue weighted by molar-refractivity contribution is 5.22. The van der Waals surface area contributed by atoms with Crippen molar-refractivity contribution in [2.24, 2.45) is 11.3 Å². The van der Waals surface area contributed by atoms with Crippen molar-refractivity contribution < 1.29 is 27.0 Å². The van der Waals surface area contributed by atoms with Crippen LogP contribution >= 0.6 is 0 Å². The Balaban J connectivity index is 1.94. The SMILES string of the molecule is COCOC12CCC(C3CC=C(C)CC3)(CC1)C(F)(F)C2(F)F. The molecule has 3 saturated carbocycles. The van der Waals surface area contributed by atoms with Gasteiger partial charge in [-0.2, -0.15) is 17.6 Å². The van der Waals surface area contributed by atoms with Gasteiger partial charge in [0.1, 0.15) is 12.4 Å². The van der Waals surface area contributed by atoms with Crippen LogP contribution in [0.1, 0.15) is 51.9 Å². The first kappa shape index (κ1) is 17.2. The van der Waals surface area contributed by atoms with Crippen molar-refractivity contribution in [3.8, 4) is 0 Å². The van der Waals surface area contributed by atoms with Gasteiger partial charge < -0.3 is 9.47 Å². The van der Waals surface area contributed by atoms with Crippen LogP contribution in [0.5, 0.6) is 0 Å². The molecule has 132 valence electrons. The number of hydrogen-bond donors (Lipinski definition) is 0. The quantitative estimate of drug-likeness (QED) is 0.411. The van der Waals surface area contributed by atoms with Crippen LogP contribution in [0.15, 0.2) is 11.6 Å². The molecule has 0 heterocycles. The van der Waals surface area contributed by atoms with Crippen molar-refractivity contribution in [1.29, 1.82) is 0 Å². The summed E-state index contributed by atoms with van der Waals surface area (Å²) in [6, 6.07) is 0. The van der Waals surface area contributed by atoms with Crippen LogP contribution in [0.3, 0.4) is 0 Å². The lowest BCUT2D eigenvalue weighted by molar-refractivity contribution is -0.406. The van der Waals surface area contributed by atoms with E-state index in [1.807, 2.05) is 13.0 Å². The first-order valence-corrected chi connectivity index (χ1v) is 8.27. The third-order valence-corrected chi connectivity index (χ3v) is 6.41. The lowest BCUT2D eigenvalue weighted by Gasteiger charge is -2.63. The highest BCUT2D eigenvalue weighted by atomic mass is 19.3. The summed E-state index contributed by atoms with van der Waals surface area (Å²) in [6.45, 7) is 1.58. The third kappa shape index (κ3) is 2.13. The van der Waals surface area contributed by atoms with Crippen LogP contribution in [-0.2, 0) is 9.47 Å². The van der Waals surface area contributed by atoms with Gasteiger partial charge in [0, 0.05) is 12.5 Å². The van der Waals surface area contributed by atoms with Gasteiger partial charge in [0.2, 0.25) is 0 Å². The fourth-order valence-electron chi connectivity index (χ4n) is 4.87. The van der Waals surface area contributed by atoms with E-state index < -0.39 is 22.9 Å². The lowest BCUT2D eigenvalue weighted by Crippen LogP contribution is -2.75. The van der Waals surface area contributed by atoms with E-state index >= 15 is 0 Å². The Morgan fingerprint density at radius 1 is 1.09 bits per heavy atom. The van der Waals surface area contributed by atoms with E-state index in [1.165, 1.54) is 7.11 Å². The minimum absolute atomic E-state index is 0.0296. The van der Waals surface area contributed by atoms with Gasteiger partial charge in [-0.15, -0.1) is 0 Å². The zero-order valence-electron chi connectivity index (χ0n) is 13.6. The molecule has 4 rings (SSSR count). The Labute approximate surface area is 134 Å². The molecule has 0 spiro atoms. The predicted octanol–water partition coefficient (Wildman–Crippen LogP) is 4.94. The highest BCUT2D eigenvalue weighted by Gasteiger charge is 2.83. The Bertz CT molecular complexity index is 493. The Hall–Kier alpha value is -0.620. The van der Waals surface area contributed by atoms with Gasteiger partial charge in [0.25, 0.3) is 0 Å². The van der Waals surface area contributed by atoms with Crippen LogP contribution in [0.4, 0.5) is 17.6 Å². The predicted molar refractivity (Wildman–Crippen MR) is 77.6 cm³/mol. The van der Waals surface area contributed by atoms with E-state index in [0.717, 1.165) is 12.0 Å². The summed E-state index contributed by atoms with van der Waals surface area (Å²) in [4.78, 5) is 0. The van der Waals surface area contributed by atoms with E-state index in [2.05, 4.69) is 0 Å². The normalized spacial score (nSPS) is 41.7. The molecule has 4 aliphatic rings. The molecule has 1 atom stereocenters.